The number of hydrogen-bond donors (Lipinski definition) is 1. The summed E-state index contributed by atoms with van der Waals surface area (Å²) < 4.78 is 0. The summed E-state index contributed by atoms with van der Waals surface area (Å²) in [4.78, 5) is 5.79. The van der Waals surface area contributed by atoms with E-state index in [1.54, 1.807) is 11.3 Å². The molecule has 2 nitrogen and oxygen atoms in total. The third-order valence-corrected chi connectivity index (χ3v) is 5.32. The van der Waals surface area contributed by atoms with Gasteiger partial charge in [0.2, 0.25) is 0 Å². The van der Waals surface area contributed by atoms with Crippen LogP contribution in [-0.4, -0.2) is 11.5 Å². The van der Waals surface area contributed by atoms with Gasteiger partial charge in [-0.3, -0.25) is 0 Å². The highest BCUT2D eigenvalue weighted by molar-refractivity contribution is 7.09. The van der Waals surface area contributed by atoms with E-state index in [2.05, 4.69) is 11.9 Å². The lowest BCUT2D eigenvalue weighted by molar-refractivity contribution is 0.234. The Balaban J connectivity index is 1.96. The highest BCUT2D eigenvalue weighted by Crippen LogP contribution is 2.38. The maximum atomic E-state index is 6.07. The van der Waals surface area contributed by atoms with Crippen LogP contribution in [0.5, 0.6) is 0 Å². The molecule has 1 aromatic heterocycles. The molecule has 0 radical (unpaired) electrons. The van der Waals surface area contributed by atoms with Crippen LogP contribution < -0.4 is 5.73 Å². The SMILES string of the molecule is Cc1ncsc1CCC1(CN)CCCCCC1. The van der Waals surface area contributed by atoms with Gasteiger partial charge in [-0.05, 0) is 44.6 Å². The molecule has 1 fully saturated rings. The highest BCUT2D eigenvalue weighted by atomic mass is 32.1. The number of nitrogens with zero attached hydrogens (tertiary/aromatic N) is 1. The fourth-order valence-electron chi connectivity index (χ4n) is 2.98. The first-order valence-electron chi connectivity index (χ1n) is 6.85. The maximum Gasteiger partial charge on any atom is 0.0797 e. The molecule has 3 heteroatoms. The summed E-state index contributed by atoms with van der Waals surface area (Å²) >= 11 is 1.80. The minimum Gasteiger partial charge on any atom is -0.330 e. The number of hydrogen-bond acceptors (Lipinski definition) is 3. The van der Waals surface area contributed by atoms with Gasteiger partial charge in [-0.15, -0.1) is 11.3 Å². The molecule has 1 aromatic rings. The van der Waals surface area contributed by atoms with Crippen molar-refractivity contribution in [1.82, 2.24) is 4.98 Å². The van der Waals surface area contributed by atoms with Crippen molar-refractivity contribution in [2.24, 2.45) is 11.1 Å². The molecule has 1 aliphatic rings. The van der Waals surface area contributed by atoms with Crippen molar-refractivity contribution in [1.29, 1.82) is 0 Å². The quantitative estimate of drug-likeness (QED) is 0.830. The zero-order valence-electron chi connectivity index (χ0n) is 10.9. The molecule has 0 amide bonds. The molecule has 17 heavy (non-hydrogen) atoms. The molecular weight excluding hydrogens is 228 g/mol. The van der Waals surface area contributed by atoms with Gasteiger partial charge in [0.25, 0.3) is 0 Å². The van der Waals surface area contributed by atoms with E-state index in [0.29, 0.717) is 5.41 Å². The van der Waals surface area contributed by atoms with E-state index in [4.69, 9.17) is 5.73 Å². The van der Waals surface area contributed by atoms with Crippen LogP contribution in [0.2, 0.25) is 0 Å². The molecule has 0 spiro atoms. The van der Waals surface area contributed by atoms with Crippen LogP contribution >= 0.6 is 11.3 Å². The molecule has 0 atom stereocenters. The zero-order valence-corrected chi connectivity index (χ0v) is 11.7. The van der Waals surface area contributed by atoms with Gasteiger partial charge in [-0.1, -0.05) is 25.7 Å². The first kappa shape index (κ1) is 13.0. The second-order valence-electron chi connectivity index (χ2n) is 5.48. The van der Waals surface area contributed by atoms with Crippen molar-refractivity contribution in [3.05, 3.63) is 16.1 Å². The molecule has 1 heterocycles. The fourth-order valence-corrected chi connectivity index (χ4v) is 3.76. The molecule has 0 aromatic carbocycles. The van der Waals surface area contributed by atoms with Crippen LogP contribution in [0.1, 0.15) is 55.5 Å². The van der Waals surface area contributed by atoms with Crippen molar-refractivity contribution in [2.45, 2.75) is 58.3 Å². The van der Waals surface area contributed by atoms with Gasteiger partial charge in [0.15, 0.2) is 0 Å². The predicted octanol–water partition coefficient (Wildman–Crippen LogP) is 3.68. The first-order chi connectivity index (χ1) is 8.26. The maximum absolute atomic E-state index is 6.07. The Morgan fingerprint density at radius 3 is 2.53 bits per heavy atom. The summed E-state index contributed by atoms with van der Waals surface area (Å²) in [6, 6.07) is 0. The summed E-state index contributed by atoms with van der Waals surface area (Å²) in [7, 11) is 0. The van der Waals surface area contributed by atoms with Crippen LogP contribution in [0.25, 0.3) is 0 Å². The average molecular weight is 252 g/mol. The lowest BCUT2D eigenvalue weighted by Gasteiger charge is -2.31. The van der Waals surface area contributed by atoms with E-state index < -0.39 is 0 Å². The van der Waals surface area contributed by atoms with Gasteiger partial charge >= 0.3 is 0 Å². The first-order valence-corrected chi connectivity index (χ1v) is 7.73. The third kappa shape index (κ3) is 3.29. The van der Waals surface area contributed by atoms with Gasteiger partial charge in [-0.2, -0.15) is 0 Å². The van der Waals surface area contributed by atoms with E-state index in [-0.39, 0.29) is 0 Å². The normalized spacial score (nSPS) is 20.1. The van der Waals surface area contributed by atoms with Crippen LogP contribution in [0.3, 0.4) is 0 Å². The van der Waals surface area contributed by atoms with Crippen molar-refractivity contribution in [3.63, 3.8) is 0 Å². The summed E-state index contributed by atoms with van der Waals surface area (Å²) in [6.07, 6.45) is 10.7. The standard InChI is InChI=1S/C14H24N2S/c1-12-13(17-11-16-12)6-9-14(10-15)7-4-2-3-5-8-14/h11H,2-10,15H2,1H3. The Kier molecular flexibility index (Phi) is 4.57. The van der Waals surface area contributed by atoms with Gasteiger partial charge < -0.3 is 5.73 Å². The number of rotatable bonds is 4. The predicted molar refractivity (Wildman–Crippen MR) is 74.4 cm³/mol. The molecule has 1 aliphatic carbocycles. The van der Waals surface area contributed by atoms with E-state index >= 15 is 0 Å². The zero-order chi connectivity index (χ0) is 12.1. The topological polar surface area (TPSA) is 38.9 Å². The Morgan fingerprint density at radius 2 is 2.00 bits per heavy atom. The Hall–Kier alpha value is -0.410. The molecule has 0 bridgehead atoms. The van der Waals surface area contributed by atoms with Gasteiger partial charge in [0.1, 0.15) is 0 Å². The summed E-state index contributed by atoms with van der Waals surface area (Å²) in [5, 5.41) is 0. The molecule has 2 N–H and O–H groups in total. The molecule has 0 unspecified atom stereocenters. The Bertz CT molecular complexity index is 338. The summed E-state index contributed by atoms with van der Waals surface area (Å²) in [5.41, 5.74) is 9.68. The van der Waals surface area contributed by atoms with Crippen molar-refractivity contribution < 1.29 is 0 Å². The van der Waals surface area contributed by atoms with Crippen molar-refractivity contribution in [2.75, 3.05) is 6.54 Å². The molecule has 0 aliphatic heterocycles. The van der Waals surface area contributed by atoms with Gasteiger partial charge in [0.05, 0.1) is 11.2 Å². The number of nitrogens with two attached hydrogens (primary N) is 1. The fraction of sp³-hybridized carbons (Fsp3) is 0.786. The average Bonchev–Trinajstić information content (AvgIpc) is 2.63. The summed E-state index contributed by atoms with van der Waals surface area (Å²) in [5.74, 6) is 0. The monoisotopic (exact) mass is 252 g/mol. The minimum absolute atomic E-state index is 0.424. The van der Waals surface area contributed by atoms with Crippen LogP contribution in [0.15, 0.2) is 5.51 Å². The van der Waals surface area contributed by atoms with E-state index in [1.807, 2.05) is 5.51 Å². The summed E-state index contributed by atoms with van der Waals surface area (Å²) in [6.45, 7) is 2.99. The number of aryl methyl sites for hydroxylation is 2. The second-order valence-corrected chi connectivity index (χ2v) is 6.42. The van der Waals surface area contributed by atoms with Crippen molar-refractivity contribution >= 4 is 11.3 Å². The van der Waals surface area contributed by atoms with E-state index in [1.165, 1.54) is 61.9 Å². The lowest BCUT2D eigenvalue weighted by Crippen LogP contribution is -2.30. The van der Waals surface area contributed by atoms with Crippen LogP contribution in [-0.2, 0) is 6.42 Å². The van der Waals surface area contributed by atoms with Crippen LogP contribution in [0.4, 0.5) is 0 Å². The smallest absolute Gasteiger partial charge is 0.0797 e. The van der Waals surface area contributed by atoms with Gasteiger partial charge in [-0.25, -0.2) is 4.98 Å². The molecular formula is C14H24N2S. The Labute approximate surface area is 109 Å². The minimum atomic E-state index is 0.424. The Morgan fingerprint density at radius 1 is 1.29 bits per heavy atom. The van der Waals surface area contributed by atoms with E-state index in [0.717, 1.165) is 6.54 Å². The molecule has 96 valence electrons. The largest absolute Gasteiger partial charge is 0.330 e. The molecule has 0 saturated heterocycles. The number of thiazole rings is 1. The third-order valence-electron chi connectivity index (χ3n) is 4.32. The van der Waals surface area contributed by atoms with Crippen LogP contribution in [0, 0.1) is 12.3 Å². The van der Waals surface area contributed by atoms with Gasteiger partial charge in [0, 0.05) is 4.88 Å². The highest BCUT2D eigenvalue weighted by Gasteiger charge is 2.29. The molecule has 1 saturated carbocycles. The number of aromatic nitrogens is 1. The molecule has 2 rings (SSSR count). The second kappa shape index (κ2) is 5.96. The van der Waals surface area contributed by atoms with Crippen molar-refractivity contribution in [3.8, 4) is 0 Å². The van der Waals surface area contributed by atoms with E-state index in [9.17, 15) is 0 Å². The lowest BCUT2D eigenvalue weighted by atomic mass is 9.76.